The molecule has 7 nitrogen and oxygen atoms in total. The first kappa shape index (κ1) is 19.4. The topological polar surface area (TPSA) is 96.5 Å². The number of carbonyl (C=O) groups excluding carboxylic acids is 1. The van der Waals surface area contributed by atoms with Crippen LogP contribution in [0.3, 0.4) is 0 Å². The first-order chi connectivity index (χ1) is 15.0. The van der Waals surface area contributed by atoms with Crippen LogP contribution < -0.4 is 10.3 Å². The van der Waals surface area contributed by atoms with Gasteiger partial charge >= 0.3 is 0 Å². The summed E-state index contributed by atoms with van der Waals surface area (Å²) in [6.07, 6.45) is 1.58. The van der Waals surface area contributed by atoms with E-state index in [1.165, 1.54) is 40.5 Å². The summed E-state index contributed by atoms with van der Waals surface area (Å²) in [4.78, 5) is 28.1. The minimum Gasteiger partial charge on any atom is -0.508 e. The van der Waals surface area contributed by atoms with Crippen molar-refractivity contribution in [1.29, 1.82) is 0 Å². The molecule has 0 saturated heterocycles. The Hall–Kier alpha value is -3.59. The second-order valence-corrected chi connectivity index (χ2v) is 8.26. The standard InChI is InChI=1S/C22H16FN3O4S/c1-2-4-16-24-25-22(31-16)26-18(11-5-3-6-13(27)9-11)17-19(28)14-10-12(23)7-8-15(14)30-20(17)21(26)29/h3,5-10,18,27H,2,4H2,1H3. The van der Waals surface area contributed by atoms with Gasteiger partial charge in [0, 0.05) is 6.42 Å². The predicted octanol–water partition coefficient (Wildman–Crippen LogP) is 4.19. The first-order valence-electron chi connectivity index (χ1n) is 9.69. The minimum atomic E-state index is -0.888. The molecule has 5 rings (SSSR count). The van der Waals surface area contributed by atoms with Crippen LogP contribution in [0.5, 0.6) is 5.75 Å². The number of halogens is 1. The van der Waals surface area contributed by atoms with Crippen molar-refractivity contribution in [3.8, 4) is 5.75 Å². The number of phenolic OH excluding ortho intramolecular Hbond substituents is 1. The van der Waals surface area contributed by atoms with E-state index in [9.17, 15) is 19.1 Å². The minimum absolute atomic E-state index is 0.0153. The van der Waals surface area contributed by atoms with E-state index in [1.54, 1.807) is 12.1 Å². The molecule has 1 aliphatic heterocycles. The number of nitrogens with zero attached hydrogens (tertiary/aromatic N) is 3. The molecule has 31 heavy (non-hydrogen) atoms. The molecule has 9 heteroatoms. The first-order valence-corrected chi connectivity index (χ1v) is 10.5. The van der Waals surface area contributed by atoms with Crippen molar-refractivity contribution in [1.82, 2.24) is 10.2 Å². The molecule has 1 atom stereocenters. The maximum absolute atomic E-state index is 13.8. The number of fused-ring (bicyclic) bond motifs is 2. The van der Waals surface area contributed by atoms with E-state index in [0.29, 0.717) is 17.1 Å². The van der Waals surface area contributed by atoms with Gasteiger partial charge in [0.15, 0.2) is 5.43 Å². The summed E-state index contributed by atoms with van der Waals surface area (Å²) in [5.41, 5.74) is 0.209. The summed E-state index contributed by atoms with van der Waals surface area (Å²) < 4.78 is 19.6. The molecule has 3 heterocycles. The number of aromatic nitrogens is 2. The Labute approximate surface area is 179 Å². The van der Waals surface area contributed by atoms with Crippen molar-refractivity contribution in [2.45, 2.75) is 25.8 Å². The summed E-state index contributed by atoms with van der Waals surface area (Å²) in [6, 6.07) is 9.00. The number of aromatic hydroxyl groups is 1. The number of phenols is 1. The average Bonchev–Trinajstić information content (AvgIpc) is 3.31. The second-order valence-electron chi connectivity index (χ2n) is 7.22. The maximum atomic E-state index is 13.8. The number of rotatable bonds is 4. The summed E-state index contributed by atoms with van der Waals surface area (Å²) in [5, 5.41) is 19.5. The van der Waals surface area contributed by atoms with Crippen molar-refractivity contribution < 1.29 is 18.7 Å². The van der Waals surface area contributed by atoms with Gasteiger partial charge in [-0.25, -0.2) is 4.39 Å². The van der Waals surface area contributed by atoms with E-state index in [4.69, 9.17) is 4.42 Å². The molecular weight excluding hydrogens is 421 g/mol. The Kier molecular flexibility index (Phi) is 4.55. The SMILES string of the molecule is CCCc1nnc(N2C(=O)c3oc4ccc(F)cc4c(=O)c3C2c2cccc(O)c2)s1. The van der Waals surface area contributed by atoms with Crippen molar-refractivity contribution in [3.63, 3.8) is 0 Å². The highest BCUT2D eigenvalue weighted by atomic mass is 32.1. The van der Waals surface area contributed by atoms with Crippen LogP contribution in [0.25, 0.3) is 11.0 Å². The molecule has 0 radical (unpaired) electrons. The van der Waals surface area contributed by atoms with Crippen LogP contribution >= 0.6 is 11.3 Å². The van der Waals surface area contributed by atoms with Gasteiger partial charge in [-0.3, -0.25) is 14.5 Å². The van der Waals surface area contributed by atoms with Gasteiger partial charge in [0.2, 0.25) is 10.9 Å². The fourth-order valence-electron chi connectivity index (χ4n) is 3.81. The Morgan fingerprint density at radius 3 is 2.81 bits per heavy atom. The van der Waals surface area contributed by atoms with Crippen LogP contribution in [0.2, 0.25) is 0 Å². The number of hydrogen-bond acceptors (Lipinski definition) is 7. The number of benzene rings is 2. The maximum Gasteiger partial charge on any atom is 0.297 e. The van der Waals surface area contributed by atoms with Gasteiger partial charge in [0.05, 0.1) is 17.0 Å². The van der Waals surface area contributed by atoms with E-state index in [0.717, 1.165) is 17.5 Å². The van der Waals surface area contributed by atoms with Crippen molar-refractivity contribution >= 4 is 33.3 Å². The summed E-state index contributed by atoms with van der Waals surface area (Å²) >= 11 is 1.26. The summed E-state index contributed by atoms with van der Waals surface area (Å²) in [7, 11) is 0. The van der Waals surface area contributed by atoms with Crippen LogP contribution in [0.4, 0.5) is 9.52 Å². The Morgan fingerprint density at radius 2 is 2.03 bits per heavy atom. The lowest BCUT2D eigenvalue weighted by Gasteiger charge is -2.22. The van der Waals surface area contributed by atoms with Gasteiger partial charge in [-0.1, -0.05) is 30.4 Å². The van der Waals surface area contributed by atoms with Gasteiger partial charge in [0.1, 0.15) is 22.2 Å². The van der Waals surface area contributed by atoms with Gasteiger partial charge in [0.25, 0.3) is 5.91 Å². The fraction of sp³-hybridized carbons (Fsp3) is 0.182. The third kappa shape index (κ3) is 3.09. The van der Waals surface area contributed by atoms with Crippen LogP contribution in [-0.2, 0) is 6.42 Å². The Balaban J connectivity index is 1.78. The second kappa shape index (κ2) is 7.28. The lowest BCUT2D eigenvalue weighted by Crippen LogP contribution is -2.29. The molecule has 1 unspecified atom stereocenters. The fourth-order valence-corrected chi connectivity index (χ4v) is 4.78. The molecule has 0 bridgehead atoms. The molecule has 2 aromatic carbocycles. The molecular formula is C22H16FN3O4S. The number of aryl methyl sites for hydroxylation is 1. The highest BCUT2D eigenvalue weighted by Gasteiger charge is 2.45. The van der Waals surface area contributed by atoms with Gasteiger partial charge in [-0.05, 0) is 42.3 Å². The highest BCUT2D eigenvalue weighted by Crippen LogP contribution is 2.42. The number of amides is 1. The Bertz CT molecular complexity index is 1400. The molecule has 0 spiro atoms. The predicted molar refractivity (Wildman–Crippen MR) is 113 cm³/mol. The Morgan fingerprint density at radius 1 is 1.19 bits per heavy atom. The number of carbonyl (C=O) groups is 1. The van der Waals surface area contributed by atoms with Crippen LogP contribution in [0, 0.1) is 5.82 Å². The molecule has 4 aromatic rings. The molecule has 156 valence electrons. The van der Waals surface area contributed by atoms with Crippen LogP contribution in [0.1, 0.15) is 46.1 Å². The quantitative estimate of drug-likeness (QED) is 0.514. The molecule has 1 amide bonds. The van der Waals surface area contributed by atoms with Gasteiger partial charge in [-0.2, -0.15) is 0 Å². The molecule has 1 aliphatic rings. The lowest BCUT2D eigenvalue weighted by molar-refractivity contribution is 0.0970. The largest absolute Gasteiger partial charge is 0.508 e. The third-order valence-electron chi connectivity index (χ3n) is 5.14. The molecule has 0 fully saturated rings. The molecule has 0 saturated carbocycles. The lowest BCUT2D eigenvalue weighted by atomic mass is 9.98. The van der Waals surface area contributed by atoms with Crippen LogP contribution in [0.15, 0.2) is 51.7 Å². The van der Waals surface area contributed by atoms with E-state index < -0.39 is 23.2 Å². The van der Waals surface area contributed by atoms with Crippen LogP contribution in [-0.4, -0.2) is 21.2 Å². The highest BCUT2D eigenvalue weighted by molar-refractivity contribution is 7.15. The third-order valence-corrected chi connectivity index (χ3v) is 6.13. The van der Waals surface area contributed by atoms with Crippen molar-refractivity contribution in [3.05, 3.63) is 80.4 Å². The molecule has 2 aromatic heterocycles. The van der Waals surface area contributed by atoms with E-state index in [2.05, 4.69) is 10.2 Å². The van der Waals surface area contributed by atoms with Gasteiger partial charge in [-0.15, -0.1) is 10.2 Å². The zero-order valence-corrected chi connectivity index (χ0v) is 17.1. The smallest absolute Gasteiger partial charge is 0.297 e. The van der Waals surface area contributed by atoms with E-state index in [-0.39, 0.29) is 28.0 Å². The van der Waals surface area contributed by atoms with E-state index >= 15 is 0 Å². The number of anilines is 1. The zero-order chi connectivity index (χ0) is 21.7. The van der Waals surface area contributed by atoms with Crippen molar-refractivity contribution in [2.24, 2.45) is 0 Å². The molecule has 0 aliphatic carbocycles. The summed E-state index contributed by atoms with van der Waals surface area (Å²) in [6.45, 7) is 2.01. The average molecular weight is 437 g/mol. The van der Waals surface area contributed by atoms with E-state index in [1.807, 2.05) is 6.92 Å². The number of hydrogen-bond donors (Lipinski definition) is 1. The van der Waals surface area contributed by atoms with Gasteiger partial charge < -0.3 is 9.52 Å². The normalized spacial score (nSPS) is 15.6. The monoisotopic (exact) mass is 437 g/mol. The zero-order valence-electron chi connectivity index (χ0n) is 16.3. The molecule has 1 N–H and O–H groups in total. The van der Waals surface area contributed by atoms with Crippen molar-refractivity contribution in [2.75, 3.05) is 4.90 Å². The summed E-state index contributed by atoms with van der Waals surface area (Å²) in [5.74, 6) is -1.25.